The number of methoxy groups -OCH3 is 1. The van der Waals surface area contributed by atoms with Crippen LogP contribution >= 0.6 is 0 Å². The van der Waals surface area contributed by atoms with Crippen LogP contribution in [0.2, 0.25) is 0 Å². The molecule has 1 saturated heterocycles. The fourth-order valence-electron chi connectivity index (χ4n) is 3.26. The summed E-state index contributed by atoms with van der Waals surface area (Å²) in [5, 5.41) is 3.27. The van der Waals surface area contributed by atoms with Crippen molar-refractivity contribution in [2.75, 3.05) is 20.2 Å². The maximum Gasteiger partial charge on any atom is 0.416 e. The number of benzene rings is 2. The highest BCUT2D eigenvalue weighted by Crippen LogP contribution is 2.34. The third-order valence-corrected chi connectivity index (χ3v) is 4.69. The first-order chi connectivity index (χ1) is 12.5. The van der Waals surface area contributed by atoms with Gasteiger partial charge >= 0.3 is 6.18 Å². The number of alkyl halides is 3. The van der Waals surface area contributed by atoms with Crippen LogP contribution in [0, 0.1) is 0 Å². The largest absolute Gasteiger partial charge is 0.497 e. The molecule has 1 heterocycles. The molecule has 3 nitrogen and oxygen atoms in total. The molecule has 0 radical (unpaired) electrons. The van der Waals surface area contributed by atoms with E-state index in [-0.39, 0.29) is 12.0 Å². The maximum atomic E-state index is 13.0. The SMILES string of the molecule is COc1ccc(COC2CNCCC2c2cccc(C(F)(F)F)c2)cc1. The van der Waals surface area contributed by atoms with E-state index in [0.717, 1.165) is 30.3 Å². The summed E-state index contributed by atoms with van der Waals surface area (Å²) in [5.41, 5.74) is 1.07. The molecule has 140 valence electrons. The fourth-order valence-corrected chi connectivity index (χ4v) is 3.26. The maximum absolute atomic E-state index is 13.0. The fraction of sp³-hybridized carbons (Fsp3) is 0.400. The van der Waals surface area contributed by atoms with Gasteiger partial charge in [-0.05, 0) is 42.3 Å². The van der Waals surface area contributed by atoms with Gasteiger partial charge in [0.1, 0.15) is 5.75 Å². The third kappa shape index (κ3) is 4.56. The van der Waals surface area contributed by atoms with Crippen LogP contribution in [0.3, 0.4) is 0 Å². The number of halogens is 3. The number of hydrogen-bond acceptors (Lipinski definition) is 3. The van der Waals surface area contributed by atoms with Crippen molar-refractivity contribution in [3.63, 3.8) is 0 Å². The van der Waals surface area contributed by atoms with E-state index in [4.69, 9.17) is 9.47 Å². The van der Waals surface area contributed by atoms with E-state index < -0.39 is 11.7 Å². The van der Waals surface area contributed by atoms with Crippen LogP contribution in [-0.2, 0) is 17.5 Å². The van der Waals surface area contributed by atoms with Crippen molar-refractivity contribution in [3.05, 3.63) is 65.2 Å². The van der Waals surface area contributed by atoms with Crippen LogP contribution in [-0.4, -0.2) is 26.3 Å². The van der Waals surface area contributed by atoms with Gasteiger partial charge in [-0.25, -0.2) is 0 Å². The highest BCUT2D eigenvalue weighted by atomic mass is 19.4. The molecule has 1 fully saturated rings. The van der Waals surface area contributed by atoms with Gasteiger partial charge in [-0.1, -0.05) is 30.3 Å². The van der Waals surface area contributed by atoms with Crippen LogP contribution in [0.4, 0.5) is 13.2 Å². The van der Waals surface area contributed by atoms with E-state index >= 15 is 0 Å². The standard InChI is InChI=1S/C20H22F3NO2/c1-25-17-7-5-14(6-8-17)13-26-19-12-24-10-9-18(19)15-3-2-4-16(11-15)20(21,22)23/h2-8,11,18-19,24H,9-10,12-13H2,1H3. The van der Waals surface area contributed by atoms with Crippen molar-refractivity contribution >= 4 is 0 Å². The summed E-state index contributed by atoms with van der Waals surface area (Å²) >= 11 is 0. The van der Waals surface area contributed by atoms with Crippen LogP contribution in [0.15, 0.2) is 48.5 Å². The number of nitrogens with one attached hydrogen (secondary N) is 1. The van der Waals surface area contributed by atoms with Gasteiger partial charge < -0.3 is 14.8 Å². The van der Waals surface area contributed by atoms with Gasteiger partial charge in [0.25, 0.3) is 0 Å². The molecule has 6 heteroatoms. The number of piperidine rings is 1. The lowest BCUT2D eigenvalue weighted by molar-refractivity contribution is -0.137. The molecular weight excluding hydrogens is 343 g/mol. The zero-order valence-electron chi connectivity index (χ0n) is 14.6. The van der Waals surface area contributed by atoms with Crippen LogP contribution in [0.1, 0.15) is 29.0 Å². The Kier molecular flexibility index (Phi) is 5.84. The first-order valence-corrected chi connectivity index (χ1v) is 8.60. The first-order valence-electron chi connectivity index (χ1n) is 8.60. The summed E-state index contributed by atoms with van der Waals surface area (Å²) in [7, 11) is 1.61. The molecule has 2 atom stereocenters. The zero-order valence-corrected chi connectivity index (χ0v) is 14.6. The van der Waals surface area contributed by atoms with Gasteiger partial charge in [-0.2, -0.15) is 13.2 Å². The van der Waals surface area contributed by atoms with E-state index in [1.807, 2.05) is 24.3 Å². The third-order valence-electron chi connectivity index (χ3n) is 4.69. The predicted molar refractivity (Wildman–Crippen MR) is 93.2 cm³/mol. The summed E-state index contributed by atoms with van der Waals surface area (Å²) in [6.45, 7) is 1.80. The molecule has 0 spiro atoms. The molecule has 0 aromatic heterocycles. The Bertz CT molecular complexity index is 716. The normalized spacial score (nSPS) is 20.8. The minimum absolute atomic E-state index is 0.0585. The van der Waals surface area contributed by atoms with E-state index in [1.165, 1.54) is 12.1 Å². The van der Waals surface area contributed by atoms with Gasteiger partial charge in [0, 0.05) is 12.5 Å². The lowest BCUT2D eigenvalue weighted by atomic mass is 9.87. The van der Waals surface area contributed by atoms with Crippen molar-refractivity contribution in [2.24, 2.45) is 0 Å². The summed E-state index contributed by atoms with van der Waals surface area (Å²) in [4.78, 5) is 0. The Labute approximate surface area is 151 Å². The Balaban J connectivity index is 1.71. The molecular formula is C20H22F3NO2. The molecule has 0 bridgehead atoms. The molecule has 0 amide bonds. The predicted octanol–water partition coefficient (Wildman–Crippen LogP) is 4.38. The quantitative estimate of drug-likeness (QED) is 0.853. The number of hydrogen-bond donors (Lipinski definition) is 1. The lowest BCUT2D eigenvalue weighted by Crippen LogP contribution is -2.41. The smallest absolute Gasteiger partial charge is 0.416 e. The van der Waals surface area contributed by atoms with E-state index in [1.54, 1.807) is 13.2 Å². The lowest BCUT2D eigenvalue weighted by Gasteiger charge is -2.33. The minimum Gasteiger partial charge on any atom is -0.497 e. The number of rotatable bonds is 5. The van der Waals surface area contributed by atoms with Gasteiger partial charge in [0.15, 0.2) is 0 Å². The van der Waals surface area contributed by atoms with Crippen LogP contribution in [0.5, 0.6) is 5.75 Å². The Morgan fingerprint density at radius 1 is 1.12 bits per heavy atom. The Hall–Kier alpha value is -2.05. The van der Waals surface area contributed by atoms with E-state index in [0.29, 0.717) is 18.7 Å². The average molecular weight is 365 g/mol. The Morgan fingerprint density at radius 3 is 2.58 bits per heavy atom. The van der Waals surface area contributed by atoms with Crippen molar-refractivity contribution in [2.45, 2.75) is 31.2 Å². The van der Waals surface area contributed by atoms with Gasteiger partial charge in [0.05, 0.1) is 25.4 Å². The molecule has 3 rings (SSSR count). The first kappa shape index (κ1) is 18.7. The molecule has 0 saturated carbocycles. The summed E-state index contributed by atoms with van der Waals surface area (Å²) < 4.78 is 50.2. The zero-order chi connectivity index (χ0) is 18.6. The molecule has 1 aliphatic rings. The van der Waals surface area contributed by atoms with Gasteiger partial charge in [-0.15, -0.1) is 0 Å². The van der Waals surface area contributed by atoms with Crippen molar-refractivity contribution in [1.82, 2.24) is 5.32 Å². The highest BCUT2D eigenvalue weighted by Gasteiger charge is 2.33. The molecule has 0 aliphatic carbocycles. The topological polar surface area (TPSA) is 30.5 Å². The molecule has 2 aromatic carbocycles. The Morgan fingerprint density at radius 2 is 1.88 bits per heavy atom. The molecule has 26 heavy (non-hydrogen) atoms. The van der Waals surface area contributed by atoms with Gasteiger partial charge in [-0.3, -0.25) is 0 Å². The van der Waals surface area contributed by atoms with Crippen molar-refractivity contribution in [1.29, 1.82) is 0 Å². The van der Waals surface area contributed by atoms with Crippen molar-refractivity contribution < 1.29 is 22.6 Å². The average Bonchev–Trinajstić information content (AvgIpc) is 2.66. The van der Waals surface area contributed by atoms with Crippen molar-refractivity contribution in [3.8, 4) is 5.75 Å². The van der Waals surface area contributed by atoms with Crippen LogP contribution < -0.4 is 10.1 Å². The second-order valence-electron chi connectivity index (χ2n) is 6.42. The highest BCUT2D eigenvalue weighted by molar-refractivity contribution is 5.30. The second-order valence-corrected chi connectivity index (χ2v) is 6.42. The van der Waals surface area contributed by atoms with E-state index in [9.17, 15) is 13.2 Å². The second kappa shape index (κ2) is 8.10. The van der Waals surface area contributed by atoms with Gasteiger partial charge in [0.2, 0.25) is 0 Å². The van der Waals surface area contributed by atoms with E-state index in [2.05, 4.69) is 5.32 Å². The molecule has 2 unspecified atom stereocenters. The monoisotopic (exact) mass is 365 g/mol. The summed E-state index contributed by atoms with van der Waals surface area (Å²) in [6, 6.07) is 13.2. The summed E-state index contributed by atoms with van der Waals surface area (Å²) in [6.07, 6.45) is -3.76. The molecule has 2 aromatic rings. The molecule has 1 N–H and O–H groups in total. The minimum atomic E-state index is -4.33. The molecule has 1 aliphatic heterocycles. The van der Waals surface area contributed by atoms with Crippen LogP contribution in [0.25, 0.3) is 0 Å². The summed E-state index contributed by atoms with van der Waals surface area (Å²) in [5.74, 6) is 0.715. The number of ether oxygens (including phenoxy) is 2.